The lowest BCUT2D eigenvalue weighted by molar-refractivity contribution is 0.101. The minimum Gasteiger partial charge on any atom is -0.355 e. The minimum atomic E-state index is -0.317. The second-order valence-corrected chi connectivity index (χ2v) is 5.52. The second kappa shape index (κ2) is 6.50. The quantitative estimate of drug-likeness (QED) is 0.734. The molecule has 0 aliphatic heterocycles. The van der Waals surface area contributed by atoms with Crippen molar-refractivity contribution in [2.24, 2.45) is 0 Å². The maximum Gasteiger partial charge on any atom is 0.261 e. The minimum absolute atomic E-state index is 0.0198. The Kier molecular flexibility index (Phi) is 4.24. The van der Waals surface area contributed by atoms with Crippen LogP contribution in [0.3, 0.4) is 0 Å². The summed E-state index contributed by atoms with van der Waals surface area (Å²) < 4.78 is 5.24. The molecule has 1 amide bonds. The average Bonchev–Trinajstić information content (AvgIpc) is 3.06. The van der Waals surface area contributed by atoms with Gasteiger partial charge in [0.15, 0.2) is 11.5 Å². The van der Waals surface area contributed by atoms with Crippen LogP contribution in [-0.4, -0.2) is 16.8 Å². The zero-order valence-electron chi connectivity index (χ0n) is 13.4. The van der Waals surface area contributed by atoms with Crippen LogP contribution in [0, 0.1) is 6.92 Å². The maximum atomic E-state index is 12.5. The molecule has 3 aromatic rings. The van der Waals surface area contributed by atoms with Crippen LogP contribution in [0.15, 0.2) is 59.3 Å². The van der Waals surface area contributed by atoms with Gasteiger partial charge in [0.25, 0.3) is 5.91 Å². The molecule has 1 N–H and O–H groups in total. The van der Waals surface area contributed by atoms with Gasteiger partial charge in [-0.25, -0.2) is 0 Å². The molecule has 0 spiro atoms. The molecule has 1 heterocycles. The lowest BCUT2D eigenvalue weighted by atomic mass is 10.1. The Morgan fingerprint density at radius 2 is 1.67 bits per heavy atom. The van der Waals surface area contributed by atoms with E-state index in [1.807, 2.05) is 31.2 Å². The Hall–Kier alpha value is -3.21. The van der Waals surface area contributed by atoms with Crippen molar-refractivity contribution in [2.75, 3.05) is 5.32 Å². The molecule has 0 saturated heterocycles. The molecule has 0 saturated carbocycles. The van der Waals surface area contributed by atoms with Crippen molar-refractivity contribution < 1.29 is 14.1 Å². The van der Waals surface area contributed by atoms with Crippen LogP contribution in [-0.2, 0) is 0 Å². The molecule has 0 aliphatic carbocycles. The summed E-state index contributed by atoms with van der Waals surface area (Å²) in [6, 6.07) is 14.4. The van der Waals surface area contributed by atoms with Crippen LogP contribution in [0.25, 0.3) is 11.3 Å². The molecule has 5 heteroatoms. The summed E-state index contributed by atoms with van der Waals surface area (Å²) in [6.07, 6.45) is 1.40. The number of carbonyl (C=O) groups excluding carboxylic acids is 2. The van der Waals surface area contributed by atoms with E-state index in [0.29, 0.717) is 22.6 Å². The van der Waals surface area contributed by atoms with E-state index in [-0.39, 0.29) is 11.7 Å². The number of aromatic nitrogens is 1. The molecule has 0 fully saturated rings. The lowest BCUT2D eigenvalue weighted by Crippen LogP contribution is -2.12. The lowest BCUT2D eigenvalue weighted by Gasteiger charge is -2.06. The summed E-state index contributed by atoms with van der Waals surface area (Å²) in [5.74, 6) is 0.0869. The monoisotopic (exact) mass is 320 g/mol. The summed E-state index contributed by atoms with van der Waals surface area (Å²) in [7, 11) is 0. The fourth-order valence-electron chi connectivity index (χ4n) is 2.30. The van der Waals surface area contributed by atoms with Crippen molar-refractivity contribution in [1.29, 1.82) is 0 Å². The van der Waals surface area contributed by atoms with Crippen molar-refractivity contribution in [1.82, 2.24) is 5.16 Å². The zero-order valence-corrected chi connectivity index (χ0v) is 13.4. The van der Waals surface area contributed by atoms with Gasteiger partial charge in [0.2, 0.25) is 0 Å². The standard InChI is InChI=1S/C19H16N2O3/c1-12-3-5-15(6-4-12)18-17(11-20-24-18)19(23)21-16-9-7-14(8-10-16)13(2)22/h3-11H,1-2H3,(H,21,23). The van der Waals surface area contributed by atoms with Gasteiger partial charge in [0.05, 0.1) is 6.20 Å². The van der Waals surface area contributed by atoms with Gasteiger partial charge in [-0.1, -0.05) is 35.0 Å². The van der Waals surface area contributed by atoms with Gasteiger partial charge < -0.3 is 9.84 Å². The number of Topliss-reactive ketones (excluding diaryl/α,β-unsaturated/α-hetero) is 1. The smallest absolute Gasteiger partial charge is 0.261 e. The summed E-state index contributed by atoms with van der Waals surface area (Å²) in [5.41, 5.74) is 3.46. The second-order valence-electron chi connectivity index (χ2n) is 5.52. The fourth-order valence-corrected chi connectivity index (χ4v) is 2.30. The van der Waals surface area contributed by atoms with E-state index in [1.54, 1.807) is 24.3 Å². The Balaban J connectivity index is 1.82. The van der Waals surface area contributed by atoms with Gasteiger partial charge in [-0.05, 0) is 38.1 Å². The number of rotatable bonds is 4. The fraction of sp³-hybridized carbons (Fsp3) is 0.105. The predicted molar refractivity (Wildman–Crippen MR) is 91.1 cm³/mol. The van der Waals surface area contributed by atoms with Gasteiger partial charge >= 0.3 is 0 Å². The first-order valence-corrected chi connectivity index (χ1v) is 7.48. The van der Waals surface area contributed by atoms with Gasteiger partial charge in [-0.3, -0.25) is 9.59 Å². The molecular formula is C19H16N2O3. The van der Waals surface area contributed by atoms with E-state index < -0.39 is 0 Å². The molecule has 0 aliphatic rings. The highest BCUT2D eigenvalue weighted by Gasteiger charge is 2.18. The predicted octanol–water partition coefficient (Wildman–Crippen LogP) is 4.10. The number of benzene rings is 2. The Bertz CT molecular complexity index is 878. The average molecular weight is 320 g/mol. The number of nitrogens with zero attached hydrogens (tertiary/aromatic N) is 1. The number of hydrogen-bond acceptors (Lipinski definition) is 4. The molecule has 0 atom stereocenters. The first-order valence-electron chi connectivity index (χ1n) is 7.48. The van der Waals surface area contributed by atoms with E-state index in [9.17, 15) is 9.59 Å². The molecule has 3 rings (SSSR count). The molecule has 2 aromatic carbocycles. The van der Waals surface area contributed by atoms with E-state index in [1.165, 1.54) is 13.1 Å². The SMILES string of the molecule is CC(=O)c1ccc(NC(=O)c2cnoc2-c2ccc(C)cc2)cc1. The van der Waals surface area contributed by atoms with Crippen molar-refractivity contribution >= 4 is 17.4 Å². The topological polar surface area (TPSA) is 72.2 Å². The Morgan fingerprint density at radius 1 is 1.00 bits per heavy atom. The van der Waals surface area contributed by atoms with E-state index in [2.05, 4.69) is 10.5 Å². The number of amides is 1. The Morgan fingerprint density at radius 3 is 2.29 bits per heavy atom. The molecule has 120 valence electrons. The third-order valence-corrected chi connectivity index (χ3v) is 3.68. The van der Waals surface area contributed by atoms with Crippen LogP contribution < -0.4 is 5.32 Å². The third-order valence-electron chi connectivity index (χ3n) is 3.68. The molecule has 0 radical (unpaired) electrons. The Labute approximate surface area is 139 Å². The molecule has 5 nitrogen and oxygen atoms in total. The van der Waals surface area contributed by atoms with Crippen LogP contribution in [0.1, 0.15) is 33.2 Å². The van der Waals surface area contributed by atoms with Gasteiger partial charge in [0, 0.05) is 16.8 Å². The summed E-state index contributed by atoms with van der Waals surface area (Å²) >= 11 is 0. The summed E-state index contributed by atoms with van der Waals surface area (Å²) in [4.78, 5) is 23.8. The van der Waals surface area contributed by atoms with Gasteiger partial charge in [-0.15, -0.1) is 0 Å². The number of aryl methyl sites for hydroxylation is 1. The van der Waals surface area contributed by atoms with Crippen molar-refractivity contribution in [3.8, 4) is 11.3 Å². The molecular weight excluding hydrogens is 304 g/mol. The normalized spacial score (nSPS) is 10.4. The van der Waals surface area contributed by atoms with Crippen molar-refractivity contribution in [3.05, 3.63) is 71.4 Å². The first-order chi connectivity index (χ1) is 11.5. The molecule has 24 heavy (non-hydrogen) atoms. The van der Waals surface area contributed by atoms with Crippen molar-refractivity contribution in [3.63, 3.8) is 0 Å². The summed E-state index contributed by atoms with van der Waals surface area (Å²) in [6.45, 7) is 3.49. The van der Waals surface area contributed by atoms with Crippen molar-refractivity contribution in [2.45, 2.75) is 13.8 Å². The number of hydrogen-bond donors (Lipinski definition) is 1. The molecule has 1 aromatic heterocycles. The van der Waals surface area contributed by atoms with E-state index in [4.69, 9.17) is 4.52 Å². The van der Waals surface area contributed by atoms with Crippen LogP contribution in [0.2, 0.25) is 0 Å². The first kappa shape index (κ1) is 15.7. The van der Waals surface area contributed by atoms with Gasteiger partial charge in [-0.2, -0.15) is 0 Å². The summed E-state index contributed by atoms with van der Waals surface area (Å²) in [5, 5.41) is 6.52. The van der Waals surface area contributed by atoms with E-state index in [0.717, 1.165) is 11.1 Å². The highest BCUT2D eigenvalue weighted by Crippen LogP contribution is 2.24. The van der Waals surface area contributed by atoms with Crippen LogP contribution in [0.5, 0.6) is 0 Å². The van der Waals surface area contributed by atoms with Crippen LogP contribution in [0.4, 0.5) is 5.69 Å². The number of ketones is 1. The molecule has 0 bridgehead atoms. The largest absolute Gasteiger partial charge is 0.355 e. The highest BCUT2D eigenvalue weighted by molar-refractivity contribution is 6.07. The van der Waals surface area contributed by atoms with E-state index >= 15 is 0 Å². The van der Waals surface area contributed by atoms with Crippen LogP contribution >= 0.6 is 0 Å². The molecule has 0 unspecified atom stereocenters. The number of carbonyl (C=O) groups is 2. The number of nitrogens with one attached hydrogen (secondary N) is 1. The highest BCUT2D eigenvalue weighted by atomic mass is 16.5. The maximum absolute atomic E-state index is 12.5. The third kappa shape index (κ3) is 3.25. The van der Waals surface area contributed by atoms with Gasteiger partial charge in [0.1, 0.15) is 5.56 Å². The number of anilines is 1. The zero-order chi connectivity index (χ0) is 17.1.